The van der Waals surface area contributed by atoms with E-state index in [1.165, 1.54) is 0 Å². The van der Waals surface area contributed by atoms with E-state index in [0.29, 0.717) is 10.4 Å². The third-order valence-corrected chi connectivity index (χ3v) is 4.93. The van der Waals surface area contributed by atoms with Gasteiger partial charge < -0.3 is 19.0 Å². The fourth-order valence-corrected chi connectivity index (χ4v) is 3.55. The highest BCUT2D eigenvalue weighted by Crippen LogP contribution is 2.35. The maximum absolute atomic E-state index is 12.8. The number of hydrogen-bond donors (Lipinski definition) is 0. The first kappa shape index (κ1) is 15.1. The molecule has 21 heavy (non-hydrogen) atoms. The molecule has 3 heterocycles. The summed E-state index contributed by atoms with van der Waals surface area (Å²) in [5, 5.41) is 0. The number of carbonyl (C=O) groups excluding carboxylic acids is 1. The summed E-state index contributed by atoms with van der Waals surface area (Å²) in [4.78, 5) is 17.0. The van der Waals surface area contributed by atoms with Gasteiger partial charge in [-0.05, 0) is 41.0 Å². The molecule has 5 nitrogen and oxygen atoms in total. The molecule has 0 aliphatic carbocycles. The lowest BCUT2D eigenvalue weighted by atomic mass is 9.96. The Bertz CT molecular complexity index is 509. The lowest BCUT2D eigenvalue weighted by molar-refractivity contribution is -0.189. The highest BCUT2D eigenvalue weighted by Gasteiger charge is 2.45. The van der Waals surface area contributed by atoms with Gasteiger partial charge in [0.25, 0.3) is 5.91 Å². The molecule has 3 rings (SSSR count). The molecule has 0 atom stereocenters. The molecule has 0 radical (unpaired) electrons. The third-order valence-electron chi connectivity index (χ3n) is 4.50. The van der Waals surface area contributed by atoms with Gasteiger partial charge >= 0.3 is 0 Å². The molecule has 0 aromatic carbocycles. The predicted molar refractivity (Wildman–Crippen MR) is 82.1 cm³/mol. The molecule has 2 aliphatic rings. The first-order chi connectivity index (χ1) is 10.1. The zero-order valence-electron chi connectivity index (χ0n) is 12.3. The van der Waals surface area contributed by atoms with E-state index in [1.807, 2.05) is 4.90 Å². The largest absolute Gasteiger partial charge is 0.444 e. The van der Waals surface area contributed by atoms with Crippen molar-refractivity contribution in [2.45, 2.75) is 31.9 Å². The topological polar surface area (TPSA) is 45.9 Å². The van der Waals surface area contributed by atoms with Gasteiger partial charge in [0.05, 0.1) is 6.61 Å². The molecule has 2 fully saturated rings. The van der Waals surface area contributed by atoms with Crippen LogP contribution in [0.15, 0.2) is 21.2 Å². The van der Waals surface area contributed by atoms with Crippen molar-refractivity contribution in [3.8, 4) is 0 Å². The maximum atomic E-state index is 12.8. The SMILES string of the molecule is CCN1CCC2(CC1)OCCCN2C(=O)c1ccc(Br)o1. The Morgan fingerprint density at radius 2 is 2.10 bits per heavy atom. The van der Waals surface area contributed by atoms with Crippen molar-refractivity contribution < 1.29 is 13.9 Å². The lowest BCUT2D eigenvalue weighted by Gasteiger charge is -2.50. The average molecular weight is 357 g/mol. The van der Waals surface area contributed by atoms with Crippen LogP contribution in [0.5, 0.6) is 0 Å². The van der Waals surface area contributed by atoms with Crippen LogP contribution in [0.1, 0.15) is 36.7 Å². The van der Waals surface area contributed by atoms with E-state index in [2.05, 4.69) is 27.8 Å². The van der Waals surface area contributed by atoms with Crippen LogP contribution in [0, 0.1) is 0 Å². The fraction of sp³-hybridized carbons (Fsp3) is 0.667. The van der Waals surface area contributed by atoms with E-state index >= 15 is 0 Å². The molecule has 1 aromatic rings. The van der Waals surface area contributed by atoms with E-state index in [-0.39, 0.29) is 5.91 Å². The third kappa shape index (κ3) is 2.89. The molecule has 0 unspecified atom stereocenters. The van der Waals surface area contributed by atoms with E-state index in [0.717, 1.165) is 52.0 Å². The number of nitrogens with zero attached hydrogens (tertiary/aromatic N) is 2. The van der Waals surface area contributed by atoms with Gasteiger partial charge in [0.1, 0.15) is 5.72 Å². The first-order valence-electron chi connectivity index (χ1n) is 7.58. The van der Waals surface area contributed by atoms with Crippen LogP contribution in [0.4, 0.5) is 0 Å². The summed E-state index contributed by atoms with van der Waals surface area (Å²) < 4.78 is 12.1. The normalized spacial score (nSPS) is 22.7. The van der Waals surface area contributed by atoms with Crippen LogP contribution >= 0.6 is 15.9 Å². The molecule has 1 aromatic heterocycles. The van der Waals surface area contributed by atoms with Crippen molar-refractivity contribution in [3.63, 3.8) is 0 Å². The number of amides is 1. The first-order valence-corrected chi connectivity index (χ1v) is 8.37. The standard InChI is InChI=1S/C15H21BrN2O3/c1-2-17-9-6-15(7-10-17)18(8-3-11-20-15)14(19)12-4-5-13(16)21-12/h4-5H,2-3,6-11H2,1H3. The molecule has 0 bridgehead atoms. The average Bonchev–Trinajstić information content (AvgIpc) is 2.94. The van der Waals surface area contributed by atoms with Gasteiger partial charge in [0.15, 0.2) is 10.4 Å². The van der Waals surface area contributed by atoms with Gasteiger partial charge in [-0.3, -0.25) is 4.79 Å². The second-order valence-corrected chi connectivity index (χ2v) is 6.42. The monoisotopic (exact) mass is 356 g/mol. The second-order valence-electron chi connectivity index (χ2n) is 5.64. The highest BCUT2D eigenvalue weighted by atomic mass is 79.9. The highest BCUT2D eigenvalue weighted by molar-refractivity contribution is 9.10. The van der Waals surface area contributed by atoms with E-state index in [4.69, 9.17) is 9.15 Å². The summed E-state index contributed by atoms with van der Waals surface area (Å²) in [6.07, 6.45) is 2.62. The van der Waals surface area contributed by atoms with Crippen molar-refractivity contribution in [2.24, 2.45) is 0 Å². The number of hydrogen-bond acceptors (Lipinski definition) is 4. The van der Waals surface area contributed by atoms with Gasteiger partial charge in [-0.15, -0.1) is 0 Å². The second kappa shape index (κ2) is 6.10. The Labute approximate surface area is 133 Å². The van der Waals surface area contributed by atoms with Gasteiger partial charge in [0, 0.05) is 32.5 Å². The lowest BCUT2D eigenvalue weighted by Crippen LogP contribution is -2.61. The number of rotatable bonds is 2. The smallest absolute Gasteiger partial charge is 0.291 e. The zero-order valence-corrected chi connectivity index (χ0v) is 13.9. The van der Waals surface area contributed by atoms with E-state index in [1.54, 1.807) is 12.1 Å². The molecule has 116 valence electrons. The molecule has 2 aliphatic heterocycles. The number of piperidine rings is 1. The van der Waals surface area contributed by atoms with Gasteiger partial charge in [0.2, 0.25) is 0 Å². The molecular formula is C15H21BrN2O3. The predicted octanol–water partition coefficient (Wildman–Crippen LogP) is 2.72. The van der Waals surface area contributed by atoms with Crippen LogP contribution in [0.2, 0.25) is 0 Å². The molecule has 0 N–H and O–H groups in total. The summed E-state index contributed by atoms with van der Waals surface area (Å²) in [6.45, 7) is 6.64. The number of carbonyl (C=O) groups is 1. The summed E-state index contributed by atoms with van der Waals surface area (Å²) in [5.74, 6) is 0.315. The number of halogens is 1. The van der Waals surface area contributed by atoms with Crippen molar-refractivity contribution >= 4 is 21.8 Å². The number of furan rings is 1. The van der Waals surface area contributed by atoms with Crippen molar-refractivity contribution in [1.82, 2.24) is 9.80 Å². The zero-order chi connectivity index (χ0) is 14.9. The van der Waals surface area contributed by atoms with Gasteiger partial charge in [-0.2, -0.15) is 0 Å². The molecule has 1 spiro atoms. The van der Waals surface area contributed by atoms with Gasteiger partial charge in [-0.1, -0.05) is 6.92 Å². The van der Waals surface area contributed by atoms with Gasteiger partial charge in [-0.25, -0.2) is 0 Å². The van der Waals surface area contributed by atoms with Crippen LogP contribution in [0.3, 0.4) is 0 Å². The molecule has 0 saturated carbocycles. The summed E-state index contributed by atoms with van der Waals surface area (Å²) >= 11 is 3.25. The molecule has 2 saturated heterocycles. The van der Waals surface area contributed by atoms with Crippen LogP contribution in [-0.2, 0) is 4.74 Å². The fourth-order valence-electron chi connectivity index (χ4n) is 3.25. The molecule has 1 amide bonds. The van der Waals surface area contributed by atoms with Crippen LogP contribution < -0.4 is 0 Å². The maximum Gasteiger partial charge on any atom is 0.291 e. The van der Waals surface area contributed by atoms with E-state index in [9.17, 15) is 4.79 Å². The van der Waals surface area contributed by atoms with Crippen molar-refractivity contribution in [3.05, 3.63) is 22.6 Å². The minimum absolute atomic E-state index is 0.0645. The Balaban J connectivity index is 1.80. The van der Waals surface area contributed by atoms with Crippen LogP contribution in [-0.4, -0.2) is 54.2 Å². The number of likely N-dealkylation sites (tertiary alicyclic amines) is 1. The number of ether oxygens (including phenoxy) is 1. The Morgan fingerprint density at radius 1 is 1.33 bits per heavy atom. The van der Waals surface area contributed by atoms with Crippen molar-refractivity contribution in [1.29, 1.82) is 0 Å². The van der Waals surface area contributed by atoms with Crippen molar-refractivity contribution in [2.75, 3.05) is 32.8 Å². The van der Waals surface area contributed by atoms with Crippen LogP contribution in [0.25, 0.3) is 0 Å². The minimum Gasteiger partial charge on any atom is -0.444 e. The Hall–Kier alpha value is -0.850. The Morgan fingerprint density at radius 3 is 2.71 bits per heavy atom. The summed E-state index contributed by atoms with van der Waals surface area (Å²) in [6, 6.07) is 3.47. The summed E-state index contributed by atoms with van der Waals surface area (Å²) in [7, 11) is 0. The quantitative estimate of drug-likeness (QED) is 0.817. The van der Waals surface area contributed by atoms with E-state index < -0.39 is 5.72 Å². The molecule has 6 heteroatoms. The Kier molecular flexibility index (Phi) is 4.38. The minimum atomic E-state index is -0.444. The molecular weight excluding hydrogens is 336 g/mol. The summed E-state index contributed by atoms with van der Waals surface area (Å²) in [5.41, 5.74) is -0.444.